The molecule has 0 atom stereocenters. The predicted molar refractivity (Wildman–Crippen MR) is 128 cm³/mol. The van der Waals surface area contributed by atoms with Crippen LogP contribution in [0.5, 0.6) is 5.75 Å². The molecule has 0 amide bonds. The highest BCUT2D eigenvalue weighted by Gasteiger charge is 2.17. The van der Waals surface area contributed by atoms with Crippen molar-refractivity contribution in [2.75, 3.05) is 19.7 Å². The molecule has 160 valence electrons. The minimum atomic E-state index is 0.161. The lowest BCUT2D eigenvalue weighted by Gasteiger charge is -2.23. The summed E-state index contributed by atoms with van der Waals surface area (Å²) in [5.74, 6) is 0.889. The van der Waals surface area contributed by atoms with E-state index in [0.717, 1.165) is 30.6 Å². The molecule has 0 unspecified atom stereocenters. The summed E-state index contributed by atoms with van der Waals surface area (Å²) in [6, 6.07) is 26.9. The second-order valence-corrected chi connectivity index (χ2v) is 8.24. The van der Waals surface area contributed by atoms with Gasteiger partial charge in [-0.3, -0.25) is 0 Å². The molecule has 3 aromatic carbocycles. The fraction of sp³-hybridized carbons (Fsp3) is 0.286. The van der Waals surface area contributed by atoms with Crippen molar-refractivity contribution in [1.29, 1.82) is 0 Å². The average Bonchev–Trinajstić information content (AvgIpc) is 2.84. The molecule has 0 aliphatic carbocycles. The Hall–Kier alpha value is -2.88. The summed E-state index contributed by atoms with van der Waals surface area (Å²) in [5.41, 5.74) is 7.20. The van der Waals surface area contributed by atoms with E-state index in [-0.39, 0.29) is 12.4 Å². The monoisotopic (exact) mass is 413 g/mol. The average molecular weight is 414 g/mol. The van der Waals surface area contributed by atoms with Crippen molar-refractivity contribution in [3.63, 3.8) is 0 Å². The Morgan fingerprint density at radius 1 is 0.774 bits per heavy atom. The van der Waals surface area contributed by atoms with Crippen molar-refractivity contribution in [1.82, 2.24) is 5.32 Å². The molecule has 3 nitrogen and oxygen atoms in total. The molecule has 0 bridgehead atoms. The molecular formula is C28H31NO2. The van der Waals surface area contributed by atoms with E-state index in [1.165, 1.54) is 35.1 Å². The van der Waals surface area contributed by atoms with Crippen molar-refractivity contribution in [3.8, 4) is 5.75 Å². The third-order valence-electron chi connectivity index (χ3n) is 6.17. The lowest BCUT2D eigenvalue weighted by Crippen LogP contribution is -2.26. The molecule has 0 spiro atoms. The largest absolute Gasteiger partial charge is 0.508 e. The second-order valence-electron chi connectivity index (χ2n) is 8.24. The first-order chi connectivity index (χ1) is 15.3. The number of piperidine rings is 1. The lowest BCUT2D eigenvalue weighted by molar-refractivity contribution is 0.290. The highest BCUT2D eigenvalue weighted by atomic mass is 16.3. The number of hydrogen-bond donors (Lipinski definition) is 3. The van der Waals surface area contributed by atoms with Gasteiger partial charge in [0.2, 0.25) is 0 Å². The fourth-order valence-corrected chi connectivity index (χ4v) is 4.53. The maximum atomic E-state index is 9.83. The van der Waals surface area contributed by atoms with Crippen LogP contribution in [-0.2, 0) is 0 Å². The van der Waals surface area contributed by atoms with Gasteiger partial charge in [-0.25, -0.2) is 0 Å². The predicted octanol–water partition coefficient (Wildman–Crippen LogP) is 5.59. The van der Waals surface area contributed by atoms with E-state index in [0.29, 0.717) is 12.3 Å². The molecule has 1 heterocycles. The summed E-state index contributed by atoms with van der Waals surface area (Å²) < 4.78 is 0. The van der Waals surface area contributed by atoms with Gasteiger partial charge >= 0.3 is 0 Å². The number of phenols is 1. The van der Waals surface area contributed by atoms with Crippen LogP contribution < -0.4 is 5.32 Å². The molecule has 0 aromatic heterocycles. The van der Waals surface area contributed by atoms with Crippen LogP contribution in [0.1, 0.15) is 53.9 Å². The topological polar surface area (TPSA) is 52.5 Å². The van der Waals surface area contributed by atoms with Crippen LogP contribution in [0.25, 0.3) is 11.1 Å². The van der Waals surface area contributed by atoms with Crippen molar-refractivity contribution in [3.05, 3.63) is 101 Å². The molecule has 31 heavy (non-hydrogen) atoms. The van der Waals surface area contributed by atoms with Crippen LogP contribution in [0.2, 0.25) is 0 Å². The van der Waals surface area contributed by atoms with Gasteiger partial charge in [0.05, 0.1) is 0 Å². The zero-order valence-corrected chi connectivity index (χ0v) is 17.9. The minimum absolute atomic E-state index is 0.161. The lowest BCUT2D eigenvalue weighted by atomic mass is 9.85. The molecule has 1 saturated heterocycles. The van der Waals surface area contributed by atoms with E-state index >= 15 is 0 Å². The van der Waals surface area contributed by atoms with Gasteiger partial charge in [-0.2, -0.15) is 0 Å². The summed E-state index contributed by atoms with van der Waals surface area (Å²) in [5, 5.41) is 22.8. The third kappa shape index (κ3) is 5.25. The fourth-order valence-electron chi connectivity index (χ4n) is 4.53. The van der Waals surface area contributed by atoms with E-state index in [4.69, 9.17) is 0 Å². The van der Waals surface area contributed by atoms with Crippen LogP contribution in [0, 0.1) is 0 Å². The molecular weight excluding hydrogens is 382 g/mol. The van der Waals surface area contributed by atoms with Gasteiger partial charge in [0.1, 0.15) is 5.75 Å². The first-order valence-corrected chi connectivity index (χ1v) is 11.3. The first kappa shape index (κ1) is 21.4. The van der Waals surface area contributed by atoms with Crippen molar-refractivity contribution in [2.45, 2.75) is 31.6 Å². The van der Waals surface area contributed by atoms with Crippen LogP contribution >= 0.6 is 0 Å². The number of nitrogens with one attached hydrogen (secondary N) is 1. The number of phenolic OH excluding ortho intramolecular Hbond substituents is 1. The van der Waals surface area contributed by atoms with Gasteiger partial charge in [-0.1, -0.05) is 66.7 Å². The minimum Gasteiger partial charge on any atom is -0.508 e. The molecule has 3 N–H and O–H groups in total. The Bertz CT molecular complexity index is 985. The zero-order valence-electron chi connectivity index (χ0n) is 17.9. The van der Waals surface area contributed by atoms with Crippen molar-refractivity contribution in [2.24, 2.45) is 0 Å². The van der Waals surface area contributed by atoms with E-state index < -0.39 is 0 Å². The van der Waals surface area contributed by atoms with Crippen LogP contribution in [0.15, 0.2) is 78.9 Å². The smallest absolute Gasteiger partial charge is 0.115 e. The highest BCUT2D eigenvalue weighted by Crippen LogP contribution is 2.36. The van der Waals surface area contributed by atoms with E-state index in [1.54, 1.807) is 12.1 Å². The van der Waals surface area contributed by atoms with E-state index in [9.17, 15) is 10.2 Å². The van der Waals surface area contributed by atoms with Gasteiger partial charge < -0.3 is 15.5 Å². The maximum Gasteiger partial charge on any atom is 0.115 e. The summed E-state index contributed by atoms with van der Waals surface area (Å²) in [4.78, 5) is 0. The molecule has 3 heteroatoms. The Morgan fingerprint density at radius 2 is 1.39 bits per heavy atom. The van der Waals surface area contributed by atoms with E-state index in [2.05, 4.69) is 53.8 Å². The standard InChI is InChI=1S/C28H31NO2/c30-20-4-7-27(23-5-2-1-3-6-23)28(25-12-14-26(31)15-13-25)24-10-8-21(9-11-24)22-16-18-29-19-17-22/h1-3,5-6,8-15,22,29-31H,4,7,16-20H2. The summed E-state index contributed by atoms with van der Waals surface area (Å²) in [6.45, 7) is 2.34. The number of aromatic hydroxyl groups is 1. The normalized spacial score (nSPS) is 15.5. The van der Waals surface area contributed by atoms with Gasteiger partial charge in [0, 0.05) is 6.61 Å². The molecule has 3 aromatic rings. The van der Waals surface area contributed by atoms with Gasteiger partial charge in [-0.05, 0) is 90.2 Å². The molecule has 1 aliphatic heterocycles. The molecule has 0 radical (unpaired) electrons. The highest BCUT2D eigenvalue weighted by molar-refractivity contribution is 5.98. The Labute approximate surface area is 185 Å². The molecule has 1 fully saturated rings. The first-order valence-electron chi connectivity index (χ1n) is 11.3. The SMILES string of the molecule is OCCCC(=C(c1ccc(O)cc1)c1ccc(C2CCNCC2)cc1)c1ccccc1. The zero-order chi connectivity index (χ0) is 21.5. The number of allylic oxidation sites excluding steroid dienone is 1. The number of benzene rings is 3. The Morgan fingerprint density at radius 3 is 2.00 bits per heavy atom. The summed E-state index contributed by atoms with van der Waals surface area (Å²) in [6.07, 6.45) is 3.86. The van der Waals surface area contributed by atoms with Crippen molar-refractivity contribution >= 4 is 11.1 Å². The van der Waals surface area contributed by atoms with Crippen LogP contribution in [-0.4, -0.2) is 29.9 Å². The Balaban J connectivity index is 1.81. The second kappa shape index (κ2) is 10.4. The number of aliphatic hydroxyl groups is 1. The molecule has 1 aliphatic rings. The number of hydrogen-bond acceptors (Lipinski definition) is 3. The van der Waals surface area contributed by atoms with Crippen LogP contribution in [0.4, 0.5) is 0 Å². The molecule has 4 rings (SSSR count). The third-order valence-corrected chi connectivity index (χ3v) is 6.17. The van der Waals surface area contributed by atoms with Crippen molar-refractivity contribution < 1.29 is 10.2 Å². The number of aliphatic hydroxyl groups excluding tert-OH is 1. The van der Waals surface area contributed by atoms with E-state index in [1.807, 2.05) is 18.2 Å². The van der Waals surface area contributed by atoms with Gasteiger partial charge in [0.15, 0.2) is 0 Å². The Kier molecular flexibility index (Phi) is 7.18. The molecule has 0 saturated carbocycles. The quantitative estimate of drug-likeness (QED) is 0.443. The summed E-state index contributed by atoms with van der Waals surface area (Å²) in [7, 11) is 0. The number of rotatable bonds is 7. The summed E-state index contributed by atoms with van der Waals surface area (Å²) >= 11 is 0. The van der Waals surface area contributed by atoms with Crippen LogP contribution in [0.3, 0.4) is 0 Å². The van der Waals surface area contributed by atoms with Gasteiger partial charge in [-0.15, -0.1) is 0 Å². The maximum absolute atomic E-state index is 9.83. The van der Waals surface area contributed by atoms with Gasteiger partial charge in [0.25, 0.3) is 0 Å².